The second kappa shape index (κ2) is 10.6. The largest absolute Gasteiger partial charge is 0.469 e. The summed E-state index contributed by atoms with van der Waals surface area (Å²) in [4.78, 5) is 35.9. The van der Waals surface area contributed by atoms with Gasteiger partial charge in [0, 0.05) is 31.6 Å². The molecule has 0 aromatic rings. The van der Waals surface area contributed by atoms with Crippen molar-refractivity contribution in [1.29, 1.82) is 0 Å². The first-order chi connectivity index (χ1) is 17.4. The summed E-state index contributed by atoms with van der Waals surface area (Å²) in [5.41, 5.74) is 0.580. The minimum Gasteiger partial charge on any atom is -0.469 e. The zero-order valence-electron chi connectivity index (χ0n) is 23.3. The van der Waals surface area contributed by atoms with Gasteiger partial charge in [0.05, 0.1) is 12.8 Å². The van der Waals surface area contributed by atoms with Crippen LogP contribution in [0.2, 0.25) is 0 Å². The van der Waals surface area contributed by atoms with Crippen LogP contribution in [0.4, 0.5) is 0 Å². The molecule has 4 rings (SSSR count). The van der Waals surface area contributed by atoms with Gasteiger partial charge in [0.25, 0.3) is 0 Å². The molecule has 10 atom stereocenters. The summed E-state index contributed by atoms with van der Waals surface area (Å²) in [6, 6.07) is 0. The van der Waals surface area contributed by atoms with Gasteiger partial charge in [-0.3, -0.25) is 14.4 Å². The summed E-state index contributed by atoms with van der Waals surface area (Å²) in [6.45, 7) is 9.78. The summed E-state index contributed by atoms with van der Waals surface area (Å²) in [5.74, 6) is 0.683. The maximum absolute atomic E-state index is 12.4. The molecule has 0 saturated heterocycles. The average Bonchev–Trinajstić information content (AvgIpc) is 3.20. The van der Waals surface area contributed by atoms with E-state index in [9.17, 15) is 19.6 Å². The molecule has 208 valence electrons. The summed E-state index contributed by atoms with van der Waals surface area (Å²) in [5, 5.41) is 14.1. The highest BCUT2D eigenvalue weighted by Crippen LogP contribution is 2.68. The maximum atomic E-state index is 12.4. The normalized spacial score (nSPS) is 42.6. The van der Waals surface area contributed by atoms with E-state index in [1.54, 1.807) is 0 Å². The summed E-state index contributed by atoms with van der Waals surface area (Å²) >= 11 is 0. The zero-order valence-corrected chi connectivity index (χ0v) is 23.3. The van der Waals surface area contributed by atoms with E-state index in [4.69, 9.17) is 14.2 Å². The van der Waals surface area contributed by atoms with Crippen molar-refractivity contribution in [2.24, 2.45) is 51.5 Å². The Balaban J connectivity index is 1.67. The van der Waals surface area contributed by atoms with Crippen LogP contribution in [0.3, 0.4) is 0 Å². The average molecular weight is 520 g/mol. The fourth-order valence-corrected chi connectivity index (χ4v) is 9.30. The number of hydrogen-bond donors (Lipinski definition) is 1. The Morgan fingerprint density at radius 2 is 1.76 bits per heavy atom. The van der Waals surface area contributed by atoms with Gasteiger partial charge in [-0.05, 0) is 86.4 Å². The molecular weight excluding hydrogens is 474 g/mol. The molecule has 0 aromatic heterocycles. The van der Waals surface area contributed by atoms with Crippen molar-refractivity contribution in [2.45, 2.75) is 105 Å². The van der Waals surface area contributed by atoms with E-state index in [1.165, 1.54) is 21.0 Å². The fourth-order valence-electron chi connectivity index (χ4n) is 9.30. The molecular formula is C29H45NO7. The quantitative estimate of drug-likeness (QED) is 0.224. The Hall–Kier alpha value is -2.12. The lowest BCUT2D eigenvalue weighted by molar-refractivity contribution is -0.184. The van der Waals surface area contributed by atoms with Gasteiger partial charge in [-0.2, -0.15) is 0 Å². The van der Waals surface area contributed by atoms with Gasteiger partial charge in [0.15, 0.2) is 0 Å². The number of ether oxygens (including phenoxy) is 3. The van der Waals surface area contributed by atoms with E-state index in [-0.39, 0.29) is 76.5 Å². The van der Waals surface area contributed by atoms with Crippen molar-refractivity contribution < 1.29 is 33.8 Å². The molecule has 0 amide bonds. The number of carbonyl (C=O) groups excluding carboxylic acids is 3. The number of nitrogens with zero attached hydrogens (tertiary/aromatic N) is 1. The van der Waals surface area contributed by atoms with Gasteiger partial charge in [-0.25, -0.2) is 0 Å². The van der Waals surface area contributed by atoms with Crippen LogP contribution in [-0.4, -0.2) is 48.1 Å². The Morgan fingerprint density at radius 3 is 2.38 bits per heavy atom. The van der Waals surface area contributed by atoms with Crippen LogP contribution in [-0.2, 0) is 28.6 Å². The van der Waals surface area contributed by atoms with Crippen molar-refractivity contribution >= 4 is 23.6 Å². The van der Waals surface area contributed by atoms with Crippen LogP contribution in [0.5, 0.6) is 0 Å². The van der Waals surface area contributed by atoms with E-state index in [2.05, 4.69) is 25.9 Å². The minimum atomic E-state index is -0.267. The molecule has 0 heterocycles. The number of hydrogen-bond acceptors (Lipinski definition) is 8. The Bertz CT molecular complexity index is 933. The smallest absolute Gasteiger partial charge is 0.305 e. The lowest BCUT2D eigenvalue weighted by atomic mass is 9.43. The molecule has 8 heteroatoms. The first-order valence-corrected chi connectivity index (χ1v) is 14.1. The van der Waals surface area contributed by atoms with Crippen LogP contribution in [0.25, 0.3) is 0 Å². The molecule has 0 aliphatic heterocycles. The van der Waals surface area contributed by atoms with E-state index in [0.717, 1.165) is 50.7 Å². The zero-order chi connectivity index (χ0) is 27.1. The highest BCUT2D eigenvalue weighted by Gasteiger charge is 2.66. The summed E-state index contributed by atoms with van der Waals surface area (Å²) in [6.07, 6.45) is 6.75. The Kier molecular flexibility index (Phi) is 7.97. The van der Waals surface area contributed by atoms with Crippen LogP contribution in [0, 0.1) is 46.3 Å². The van der Waals surface area contributed by atoms with E-state index in [0.29, 0.717) is 12.8 Å². The SMILES string of the molecule is COC(=O)CC[C@@H](C)[C@H]1CC[C@H]2[C@@H]3C(=NO)C[C@@H]4C[C@H](OC(C)=O)CC[C@]4(C)[C@H]3C[C@H](OC(C)=O)[C@]12C. The molecule has 0 bridgehead atoms. The second-order valence-electron chi connectivity index (χ2n) is 12.7. The molecule has 0 aromatic carbocycles. The van der Waals surface area contributed by atoms with Gasteiger partial charge in [0.2, 0.25) is 0 Å². The summed E-state index contributed by atoms with van der Waals surface area (Å²) < 4.78 is 16.6. The van der Waals surface area contributed by atoms with Crippen LogP contribution in [0.1, 0.15) is 92.4 Å². The van der Waals surface area contributed by atoms with E-state index < -0.39 is 0 Å². The van der Waals surface area contributed by atoms with Crippen LogP contribution >= 0.6 is 0 Å². The van der Waals surface area contributed by atoms with Gasteiger partial charge in [-0.1, -0.05) is 25.9 Å². The number of esters is 3. The fraction of sp³-hybridized carbons (Fsp3) is 0.862. The lowest BCUT2D eigenvalue weighted by Crippen LogP contribution is -2.62. The van der Waals surface area contributed by atoms with Crippen molar-refractivity contribution in [3.63, 3.8) is 0 Å². The number of carbonyl (C=O) groups is 3. The third kappa shape index (κ3) is 4.89. The Morgan fingerprint density at radius 1 is 1.05 bits per heavy atom. The van der Waals surface area contributed by atoms with Gasteiger partial charge >= 0.3 is 17.9 Å². The molecule has 4 fully saturated rings. The Labute approximate surface area is 220 Å². The van der Waals surface area contributed by atoms with Crippen molar-refractivity contribution in [2.75, 3.05) is 7.11 Å². The predicted molar refractivity (Wildman–Crippen MR) is 137 cm³/mol. The summed E-state index contributed by atoms with van der Waals surface area (Å²) in [7, 11) is 1.42. The molecule has 37 heavy (non-hydrogen) atoms. The molecule has 4 aliphatic rings. The lowest BCUT2D eigenvalue weighted by Gasteiger charge is -2.62. The first-order valence-electron chi connectivity index (χ1n) is 14.1. The van der Waals surface area contributed by atoms with Crippen molar-refractivity contribution in [1.82, 2.24) is 0 Å². The predicted octanol–water partition coefficient (Wildman–Crippen LogP) is 5.15. The van der Waals surface area contributed by atoms with Crippen LogP contribution in [0.15, 0.2) is 5.16 Å². The number of rotatable bonds is 6. The second-order valence-corrected chi connectivity index (χ2v) is 12.7. The van der Waals surface area contributed by atoms with Crippen LogP contribution < -0.4 is 0 Å². The van der Waals surface area contributed by atoms with Crippen molar-refractivity contribution in [3.8, 4) is 0 Å². The third-order valence-electron chi connectivity index (χ3n) is 11.1. The maximum Gasteiger partial charge on any atom is 0.305 e. The molecule has 4 saturated carbocycles. The molecule has 1 N–H and O–H groups in total. The van der Waals surface area contributed by atoms with Crippen molar-refractivity contribution in [3.05, 3.63) is 0 Å². The number of oxime groups is 1. The molecule has 8 nitrogen and oxygen atoms in total. The highest BCUT2D eigenvalue weighted by atomic mass is 16.5. The topological polar surface area (TPSA) is 111 Å². The first kappa shape index (κ1) is 27.9. The standard InChI is InChI=1S/C29H45NO7/c1-16(7-10-26(33)35-6)21-8-9-22-27-23(15-25(29(21,22)5)37-18(3)32)28(4)12-11-20(36-17(2)31)13-19(28)14-24(27)30-34/h16,19-23,25,27,34H,7-15H2,1-6H3/t16-,19+,20-,21-,22+,23+,25+,27+,28+,29-/m1/s1. The van der Waals surface area contributed by atoms with Gasteiger partial charge < -0.3 is 19.4 Å². The van der Waals surface area contributed by atoms with Gasteiger partial charge in [0.1, 0.15) is 12.2 Å². The number of fused-ring (bicyclic) bond motifs is 5. The molecule has 0 radical (unpaired) electrons. The molecule has 4 aliphatic carbocycles. The van der Waals surface area contributed by atoms with E-state index in [1.807, 2.05) is 0 Å². The third-order valence-corrected chi connectivity index (χ3v) is 11.1. The monoisotopic (exact) mass is 519 g/mol. The highest BCUT2D eigenvalue weighted by molar-refractivity contribution is 5.88. The molecule has 0 unspecified atom stereocenters. The molecule has 0 spiro atoms. The number of methoxy groups -OCH3 is 1. The van der Waals surface area contributed by atoms with E-state index >= 15 is 0 Å². The van der Waals surface area contributed by atoms with Gasteiger partial charge in [-0.15, -0.1) is 0 Å². The minimum absolute atomic E-state index is 0.0101.